The van der Waals surface area contributed by atoms with E-state index in [2.05, 4.69) is 17.3 Å². The summed E-state index contributed by atoms with van der Waals surface area (Å²) >= 11 is 0. The monoisotopic (exact) mass is 240 g/mol. The lowest BCUT2D eigenvalue weighted by molar-refractivity contribution is 0.387. The molecule has 1 N–H and O–H groups in total. The average Bonchev–Trinajstić information content (AvgIpc) is 2.68. The molecule has 2 nitrogen and oxygen atoms in total. The van der Waals surface area contributed by atoms with Gasteiger partial charge in [0.25, 0.3) is 0 Å². The molecule has 2 rings (SSSR count). The second kappa shape index (κ2) is 5.56. The zero-order chi connectivity index (χ0) is 12.3. The molecular weight excluding hydrogens is 222 g/mol. The summed E-state index contributed by atoms with van der Waals surface area (Å²) in [6.45, 7) is 3.59. The Hall–Kier alpha value is -1.00. The van der Waals surface area contributed by atoms with Gasteiger partial charge < -0.3 is 10.2 Å². The standard InChI is InChI=1S/C13H18F2N2/c1-17-5-4-10(9-17)7-16-8-11-2-3-12(14)6-13(11)15/h2-3,6,10,16H,4-5,7-9H2,1H3/t10-/m0/s1. The highest BCUT2D eigenvalue weighted by molar-refractivity contribution is 5.18. The second-order valence-corrected chi connectivity index (χ2v) is 4.78. The number of nitrogens with one attached hydrogen (secondary N) is 1. The van der Waals surface area contributed by atoms with Crippen molar-refractivity contribution in [3.8, 4) is 0 Å². The Morgan fingerprint density at radius 1 is 1.41 bits per heavy atom. The first-order valence-electron chi connectivity index (χ1n) is 5.98. The maximum atomic E-state index is 13.3. The van der Waals surface area contributed by atoms with Crippen molar-refractivity contribution >= 4 is 0 Å². The summed E-state index contributed by atoms with van der Waals surface area (Å²) in [6, 6.07) is 3.72. The van der Waals surface area contributed by atoms with E-state index in [0.29, 0.717) is 18.0 Å². The topological polar surface area (TPSA) is 15.3 Å². The van der Waals surface area contributed by atoms with Gasteiger partial charge in [-0.1, -0.05) is 6.07 Å². The van der Waals surface area contributed by atoms with Crippen LogP contribution >= 0.6 is 0 Å². The van der Waals surface area contributed by atoms with Crippen molar-refractivity contribution in [3.05, 3.63) is 35.4 Å². The largest absolute Gasteiger partial charge is 0.312 e. The van der Waals surface area contributed by atoms with Crippen molar-refractivity contribution in [2.45, 2.75) is 13.0 Å². The molecule has 17 heavy (non-hydrogen) atoms. The van der Waals surface area contributed by atoms with Gasteiger partial charge in [0.2, 0.25) is 0 Å². The lowest BCUT2D eigenvalue weighted by Crippen LogP contribution is -2.25. The van der Waals surface area contributed by atoms with E-state index in [1.807, 2.05) is 0 Å². The van der Waals surface area contributed by atoms with Crippen molar-refractivity contribution in [2.24, 2.45) is 5.92 Å². The van der Waals surface area contributed by atoms with Gasteiger partial charge in [-0.2, -0.15) is 0 Å². The van der Waals surface area contributed by atoms with Gasteiger partial charge in [0.15, 0.2) is 0 Å². The molecule has 0 radical (unpaired) electrons. The van der Waals surface area contributed by atoms with Crippen molar-refractivity contribution in [3.63, 3.8) is 0 Å². The van der Waals surface area contributed by atoms with Crippen LogP contribution in [0.2, 0.25) is 0 Å². The van der Waals surface area contributed by atoms with E-state index in [9.17, 15) is 8.78 Å². The Balaban J connectivity index is 1.78. The third-order valence-corrected chi connectivity index (χ3v) is 3.25. The SMILES string of the molecule is CN1CC[C@@H](CNCc2ccc(F)cc2F)C1. The Morgan fingerprint density at radius 3 is 2.88 bits per heavy atom. The maximum Gasteiger partial charge on any atom is 0.130 e. The van der Waals surface area contributed by atoms with E-state index in [4.69, 9.17) is 0 Å². The predicted molar refractivity (Wildman–Crippen MR) is 63.7 cm³/mol. The molecule has 1 heterocycles. The average molecular weight is 240 g/mol. The fourth-order valence-electron chi connectivity index (χ4n) is 2.27. The number of benzene rings is 1. The van der Waals surface area contributed by atoms with Gasteiger partial charge in [0, 0.05) is 24.7 Å². The fraction of sp³-hybridized carbons (Fsp3) is 0.538. The Bertz CT molecular complexity index is 382. The fourth-order valence-corrected chi connectivity index (χ4v) is 2.27. The van der Waals surface area contributed by atoms with Crippen LogP contribution in [0.1, 0.15) is 12.0 Å². The number of nitrogens with zero attached hydrogens (tertiary/aromatic N) is 1. The summed E-state index contributed by atoms with van der Waals surface area (Å²) in [5, 5.41) is 3.24. The molecule has 1 aliphatic rings. The lowest BCUT2D eigenvalue weighted by Gasteiger charge is -2.12. The van der Waals surface area contributed by atoms with E-state index in [-0.39, 0.29) is 0 Å². The van der Waals surface area contributed by atoms with Crippen LogP contribution in [0, 0.1) is 17.6 Å². The Kier molecular flexibility index (Phi) is 4.07. The molecule has 0 aliphatic carbocycles. The van der Waals surface area contributed by atoms with Gasteiger partial charge in [-0.15, -0.1) is 0 Å². The molecule has 0 saturated carbocycles. The van der Waals surface area contributed by atoms with Gasteiger partial charge in [-0.25, -0.2) is 8.78 Å². The summed E-state index contributed by atoms with van der Waals surface area (Å²) in [5.41, 5.74) is 0.526. The first-order valence-corrected chi connectivity index (χ1v) is 5.98. The normalized spacial score (nSPS) is 21.0. The highest BCUT2D eigenvalue weighted by Crippen LogP contribution is 2.14. The van der Waals surface area contributed by atoms with Gasteiger partial charge in [-0.05, 0) is 38.5 Å². The molecule has 0 aromatic heterocycles. The molecule has 4 heteroatoms. The van der Waals surface area contributed by atoms with E-state index >= 15 is 0 Å². The van der Waals surface area contributed by atoms with Crippen LogP contribution in [0.25, 0.3) is 0 Å². The molecule has 1 fully saturated rings. The molecule has 0 bridgehead atoms. The Morgan fingerprint density at radius 2 is 2.24 bits per heavy atom. The zero-order valence-corrected chi connectivity index (χ0v) is 10.0. The molecule has 1 atom stereocenters. The molecule has 0 spiro atoms. The molecule has 1 aromatic rings. The third kappa shape index (κ3) is 3.48. The summed E-state index contributed by atoms with van der Waals surface area (Å²) in [7, 11) is 2.11. The van der Waals surface area contributed by atoms with Crippen LogP contribution in [0.4, 0.5) is 8.78 Å². The Labute approximate surface area is 101 Å². The minimum Gasteiger partial charge on any atom is -0.312 e. The highest BCUT2D eigenvalue weighted by atomic mass is 19.1. The highest BCUT2D eigenvalue weighted by Gasteiger charge is 2.18. The van der Waals surface area contributed by atoms with Crippen molar-refractivity contribution in [1.29, 1.82) is 0 Å². The minimum absolute atomic E-state index is 0.465. The third-order valence-electron chi connectivity index (χ3n) is 3.25. The summed E-state index contributed by atoms with van der Waals surface area (Å²) < 4.78 is 26.0. The van der Waals surface area contributed by atoms with Crippen LogP contribution in [-0.2, 0) is 6.54 Å². The number of rotatable bonds is 4. The van der Waals surface area contributed by atoms with Crippen LogP contribution in [0.3, 0.4) is 0 Å². The second-order valence-electron chi connectivity index (χ2n) is 4.78. The predicted octanol–water partition coefficient (Wildman–Crippen LogP) is 2.01. The molecule has 0 amide bonds. The van der Waals surface area contributed by atoms with E-state index in [1.54, 1.807) is 0 Å². The molecule has 94 valence electrons. The molecular formula is C13H18F2N2. The van der Waals surface area contributed by atoms with Gasteiger partial charge in [0.1, 0.15) is 11.6 Å². The smallest absolute Gasteiger partial charge is 0.130 e. The molecule has 1 aliphatic heterocycles. The van der Waals surface area contributed by atoms with Crippen molar-refractivity contribution < 1.29 is 8.78 Å². The zero-order valence-electron chi connectivity index (χ0n) is 10.0. The number of likely N-dealkylation sites (tertiary alicyclic amines) is 1. The first-order chi connectivity index (χ1) is 8.15. The number of hydrogen-bond donors (Lipinski definition) is 1. The van der Waals surface area contributed by atoms with E-state index < -0.39 is 11.6 Å². The lowest BCUT2D eigenvalue weighted by atomic mass is 10.1. The number of hydrogen-bond acceptors (Lipinski definition) is 2. The van der Waals surface area contributed by atoms with Crippen molar-refractivity contribution in [2.75, 3.05) is 26.7 Å². The number of halogens is 2. The van der Waals surface area contributed by atoms with Crippen molar-refractivity contribution in [1.82, 2.24) is 10.2 Å². The molecule has 1 saturated heterocycles. The van der Waals surface area contributed by atoms with Gasteiger partial charge >= 0.3 is 0 Å². The summed E-state index contributed by atoms with van der Waals surface area (Å²) in [6.07, 6.45) is 1.19. The van der Waals surface area contributed by atoms with Crippen LogP contribution in [0.15, 0.2) is 18.2 Å². The van der Waals surface area contributed by atoms with Crippen LogP contribution in [-0.4, -0.2) is 31.6 Å². The van der Waals surface area contributed by atoms with Gasteiger partial charge in [0.05, 0.1) is 0 Å². The molecule has 0 unspecified atom stereocenters. The van der Waals surface area contributed by atoms with Crippen LogP contribution in [0.5, 0.6) is 0 Å². The van der Waals surface area contributed by atoms with E-state index in [1.165, 1.54) is 18.6 Å². The first kappa shape index (κ1) is 12.5. The van der Waals surface area contributed by atoms with E-state index in [0.717, 1.165) is 25.7 Å². The summed E-state index contributed by atoms with van der Waals surface area (Å²) in [5.74, 6) is -0.354. The molecule has 1 aromatic carbocycles. The quantitative estimate of drug-likeness (QED) is 0.866. The van der Waals surface area contributed by atoms with Gasteiger partial charge in [-0.3, -0.25) is 0 Å². The summed E-state index contributed by atoms with van der Waals surface area (Å²) in [4.78, 5) is 2.30. The van der Waals surface area contributed by atoms with Crippen LogP contribution < -0.4 is 5.32 Å². The maximum absolute atomic E-state index is 13.3. The minimum atomic E-state index is -0.524.